The van der Waals surface area contributed by atoms with E-state index in [0.29, 0.717) is 55.0 Å². The molecule has 0 unspecified atom stereocenters. The molecule has 0 aromatic carbocycles. The van der Waals surface area contributed by atoms with Crippen molar-refractivity contribution in [2.45, 2.75) is 44.0 Å². The molecule has 196 valence electrons. The number of carbonyl (C=O) groups excluding carboxylic acids is 1. The van der Waals surface area contributed by atoms with Crippen molar-refractivity contribution in [3.63, 3.8) is 0 Å². The van der Waals surface area contributed by atoms with Crippen molar-refractivity contribution in [1.82, 2.24) is 30.2 Å². The number of nitrogens with zero attached hydrogens (tertiary/aromatic N) is 5. The number of hydrogen-bond acceptors (Lipinski definition) is 8. The number of amides is 1. The first kappa shape index (κ1) is 25.4. The predicted octanol–water partition coefficient (Wildman–Crippen LogP) is 4.51. The summed E-state index contributed by atoms with van der Waals surface area (Å²) in [6.07, 6.45) is 2.76. The van der Waals surface area contributed by atoms with Gasteiger partial charge in [0.25, 0.3) is 5.91 Å². The number of aromatic nitrogens is 4. The highest BCUT2D eigenvalue weighted by Crippen LogP contribution is 2.34. The maximum Gasteiger partial charge on any atom is 0.411 e. The minimum Gasteiger partial charge on any atom is -0.369 e. The lowest BCUT2D eigenvalue weighted by Crippen LogP contribution is -2.28. The van der Waals surface area contributed by atoms with E-state index in [1.807, 2.05) is 24.3 Å². The highest BCUT2D eigenvalue weighted by molar-refractivity contribution is 7.11. The molecule has 0 spiro atoms. The van der Waals surface area contributed by atoms with Gasteiger partial charge in [0.05, 0.1) is 23.5 Å². The van der Waals surface area contributed by atoms with Crippen molar-refractivity contribution in [3.8, 4) is 11.4 Å². The van der Waals surface area contributed by atoms with E-state index in [0.717, 1.165) is 10.6 Å². The number of likely N-dealkylation sites (N-methyl/N-ethyl adjacent to an activating group) is 1. The minimum absolute atomic E-state index is 0.0245. The van der Waals surface area contributed by atoms with Crippen LogP contribution >= 0.6 is 11.3 Å². The van der Waals surface area contributed by atoms with E-state index < -0.39 is 18.9 Å². The van der Waals surface area contributed by atoms with E-state index in [9.17, 15) is 18.0 Å². The number of thiazole rings is 1. The minimum atomic E-state index is -4.33. The van der Waals surface area contributed by atoms with Crippen LogP contribution in [0.3, 0.4) is 0 Å². The summed E-state index contributed by atoms with van der Waals surface area (Å²) < 4.78 is 44.3. The van der Waals surface area contributed by atoms with Gasteiger partial charge in [-0.05, 0) is 37.8 Å². The third-order valence-corrected chi connectivity index (χ3v) is 7.18. The zero-order valence-electron chi connectivity index (χ0n) is 20.0. The summed E-state index contributed by atoms with van der Waals surface area (Å²) >= 11 is 1.40. The molecule has 4 heterocycles. The van der Waals surface area contributed by atoms with Crippen LogP contribution in [0.25, 0.3) is 17.0 Å². The Morgan fingerprint density at radius 2 is 2.08 bits per heavy atom. The summed E-state index contributed by atoms with van der Waals surface area (Å²) in [5.41, 5.74) is 6.00. The Hall–Kier alpha value is -3.29. The zero-order valence-corrected chi connectivity index (χ0v) is 20.8. The molecule has 0 saturated heterocycles. The number of pyridine rings is 1. The van der Waals surface area contributed by atoms with Crippen LogP contribution in [0.2, 0.25) is 0 Å². The van der Waals surface area contributed by atoms with Gasteiger partial charge in [-0.2, -0.15) is 18.3 Å². The molecule has 1 amide bonds. The number of ether oxygens (including phenoxy) is 1. The second-order valence-corrected chi connectivity index (χ2v) is 9.95. The van der Waals surface area contributed by atoms with Gasteiger partial charge in [0.2, 0.25) is 0 Å². The Kier molecular flexibility index (Phi) is 7.26. The molecular formula is C24H26F3N7O2S. The van der Waals surface area contributed by atoms with Crippen molar-refractivity contribution in [3.05, 3.63) is 52.9 Å². The molecule has 1 aliphatic carbocycles. The maximum absolute atomic E-state index is 13.1. The van der Waals surface area contributed by atoms with Gasteiger partial charge in [0.1, 0.15) is 23.0 Å². The molecule has 1 aliphatic heterocycles. The second-order valence-electron chi connectivity index (χ2n) is 9.09. The summed E-state index contributed by atoms with van der Waals surface area (Å²) in [6, 6.07) is 5.41. The highest BCUT2D eigenvalue weighted by atomic mass is 32.1. The summed E-state index contributed by atoms with van der Waals surface area (Å²) in [7, 11) is 1.92. The molecule has 0 atom stereocenters. The van der Waals surface area contributed by atoms with Crippen LogP contribution < -0.4 is 10.7 Å². The summed E-state index contributed by atoms with van der Waals surface area (Å²) in [6.45, 7) is -0.540. The average Bonchev–Trinajstić information content (AvgIpc) is 3.63. The lowest BCUT2D eigenvalue weighted by atomic mass is 9.93. The number of anilines is 1. The summed E-state index contributed by atoms with van der Waals surface area (Å²) in [5, 5.41) is 12.1. The fourth-order valence-electron chi connectivity index (χ4n) is 4.43. The first-order valence-electron chi connectivity index (χ1n) is 11.9. The molecule has 3 aromatic heterocycles. The van der Waals surface area contributed by atoms with E-state index in [4.69, 9.17) is 9.84 Å². The molecule has 2 aliphatic rings. The lowest BCUT2D eigenvalue weighted by molar-refractivity contribution is -0.188. The van der Waals surface area contributed by atoms with Crippen molar-refractivity contribution in [2.24, 2.45) is 0 Å². The SMILES string of the molecule is CN1CC(c2nc(C(=O)Nc3cn(C4CCC(OCC(F)(F)F)CC4)nc3-c3ccccn3)cs2)=CN1. The molecule has 0 radical (unpaired) electrons. The Bertz CT molecular complexity index is 1270. The third-order valence-electron chi connectivity index (χ3n) is 6.27. The second kappa shape index (κ2) is 10.6. The Labute approximate surface area is 215 Å². The molecule has 2 N–H and O–H groups in total. The van der Waals surface area contributed by atoms with Crippen molar-refractivity contribution in [2.75, 3.05) is 25.5 Å². The monoisotopic (exact) mass is 533 g/mol. The van der Waals surface area contributed by atoms with E-state index in [1.54, 1.807) is 34.6 Å². The van der Waals surface area contributed by atoms with Gasteiger partial charge in [-0.3, -0.25) is 14.5 Å². The zero-order chi connectivity index (χ0) is 26.0. The van der Waals surface area contributed by atoms with Crippen LogP contribution in [-0.4, -0.2) is 63.1 Å². The number of rotatable bonds is 7. The number of carbonyl (C=O) groups is 1. The average molecular weight is 534 g/mol. The molecule has 5 rings (SSSR count). The molecule has 9 nitrogen and oxygen atoms in total. The van der Waals surface area contributed by atoms with Crippen LogP contribution in [0.4, 0.5) is 18.9 Å². The quantitative estimate of drug-likeness (QED) is 0.461. The van der Waals surface area contributed by atoms with Crippen molar-refractivity contribution in [1.29, 1.82) is 0 Å². The molecule has 3 aromatic rings. The summed E-state index contributed by atoms with van der Waals surface area (Å²) in [5.74, 6) is -0.358. The van der Waals surface area contributed by atoms with Crippen molar-refractivity contribution >= 4 is 28.5 Å². The number of halogens is 3. The smallest absolute Gasteiger partial charge is 0.369 e. The Morgan fingerprint density at radius 3 is 2.76 bits per heavy atom. The van der Waals surface area contributed by atoms with E-state index >= 15 is 0 Å². The van der Waals surface area contributed by atoms with E-state index in [1.165, 1.54) is 11.3 Å². The Balaban J connectivity index is 1.31. The topological polar surface area (TPSA) is 97.2 Å². The normalized spacial score (nSPS) is 20.5. The molecule has 37 heavy (non-hydrogen) atoms. The number of alkyl halides is 3. The summed E-state index contributed by atoms with van der Waals surface area (Å²) in [4.78, 5) is 22.0. The highest BCUT2D eigenvalue weighted by Gasteiger charge is 2.32. The molecule has 0 bridgehead atoms. The predicted molar refractivity (Wildman–Crippen MR) is 133 cm³/mol. The molecule has 1 fully saturated rings. The van der Waals surface area contributed by atoms with Gasteiger partial charge in [0, 0.05) is 43.1 Å². The number of nitrogens with one attached hydrogen (secondary N) is 2. The van der Waals surface area contributed by atoms with Gasteiger partial charge in [-0.1, -0.05) is 6.07 Å². The van der Waals surface area contributed by atoms with Gasteiger partial charge in [-0.25, -0.2) is 9.99 Å². The number of hydrogen-bond donors (Lipinski definition) is 2. The van der Waals surface area contributed by atoms with E-state index in [-0.39, 0.29) is 11.9 Å². The van der Waals surface area contributed by atoms with Crippen LogP contribution in [0.1, 0.15) is 47.2 Å². The largest absolute Gasteiger partial charge is 0.411 e. The maximum atomic E-state index is 13.1. The fourth-order valence-corrected chi connectivity index (χ4v) is 5.24. The van der Waals surface area contributed by atoms with Crippen molar-refractivity contribution < 1.29 is 22.7 Å². The van der Waals surface area contributed by atoms with E-state index in [2.05, 4.69) is 20.7 Å². The van der Waals surface area contributed by atoms with Crippen LogP contribution in [0, 0.1) is 0 Å². The fraction of sp³-hybridized carbons (Fsp3) is 0.417. The first-order chi connectivity index (χ1) is 17.7. The van der Waals surface area contributed by atoms with Gasteiger partial charge in [0.15, 0.2) is 0 Å². The van der Waals surface area contributed by atoms with Gasteiger partial charge >= 0.3 is 6.18 Å². The van der Waals surface area contributed by atoms with Crippen LogP contribution in [0.15, 0.2) is 42.2 Å². The third kappa shape index (κ3) is 6.17. The molecule has 1 saturated carbocycles. The Morgan fingerprint density at radius 1 is 1.27 bits per heavy atom. The molecule has 13 heteroatoms. The van der Waals surface area contributed by atoms with Gasteiger partial charge < -0.3 is 15.5 Å². The van der Waals surface area contributed by atoms with Crippen LogP contribution in [-0.2, 0) is 4.74 Å². The lowest BCUT2D eigenvalue weighted by Gasteiger charge is -2.29. The van der Waals surface area contributed by atoms with Crippen LogP contribution in [0.5, 0.6) is 0 Å². The standard InChI is InChI=1S/C24H26F3N7O2S/c1-33-11-15(10-29-33)23-31-20(13-37-23)22(35)30-19-12-34(32-21(19)18-4-2-3-9-28-18)16-5-7-17(8-6-16)36-14-24(25,26)27/h2-4,9-10,12-13,16-17,29H,5-8,11,14H2,1H3,(H,30,35). The first-order valence-corrected chi connectivity index (χ1v) is 12.8. The number of hydrazine groups is 1. The van der Waals surface area contributed by atoms with Gasteiger partial charge in [-0.15, -0.1) is 11.3 Å². The molecular weight excluding hydrogens is 507 g/mol.